The van der Waals surface area contributed by atoms with Crippen LogP contribution < -0.4 is 0 Å². The third kappa shape index (κ3) is 3.95. The molecule has 0 heterocycles. The van der Waals surface area contributed by atoms with Crippen molar-refractivity contribution in [3.63, 3.8) is 0 Å². The van der Waals surface area contributed by atoms with Crippen LogP contribution in [0.4, 0.5) is 0 Å². The summed E-state index contributed by atoms with van der Waals surface area (Å²) in [5, 5.41) is 19.7. The highest BCUT2D eigenvalue weighted by molar-refractivity contribution is 5.14. The minimum Gasteiger partial charge on any atom is -0.390 e. The summed E-state index contributed by atoms with van der Waals surface area (Å²) >= 11 is 0. The second kappa shape index (κ2) is 5.46. The largest absolute Gasteiger partial charge is 0.390 e. The van der Waals surface area contributed by atoms with Gasteiger partial charge in [-0.2, -0.15) is 0 Å². The zero-order chi connectivity index (χ0) is 12.2. The Morgan fingerprint density at radius 2 is 1.62 bits per heavy atom. The van der Waals surface area contributed by atoms with Crippen LogP contribution in [0, 0.1) is 5.41 Å². The first-order valence-corrected chi connectivity index (χ1v) is 5.81. The van der Waals surface area contributed by atoms with E-state index in [9.17, 15) is 10.2 Å². The zero-order valence-electron chi connectivity index (χ0n) is 10.4. The Kier molecular flexibility index (Phi) is 4.51. The van der Waals surface area contributed by atoms with E-state index in [2.05, 4.69) is 0 Å². The van der Waals surface area contributed by atoms with Gasteiger partial charge in [-0.15, -0.1) is 0 Å². The normalized spacial score (nSPS) is 15.8. The van der Waals surface area contributed by atoms with Gasteiger partial charge >= 0.3 is 0 Å². The fraction of sp³-hybridized carbons (Fsp3) is 0.571. The molecule has 0 aliphatic rings. The molecule has 2 atom stereocenters. The minimum atomic E-state index is -0.670. The van der Waals surface area contributed by atoms with E-state index in [0.29, 0.717) is 6.42 Å². The van der Waals surface area contributed by atoms with Crippen molar-refractivity contribution in [2.24, 2.45) is 5.41 Å². The standard InChI is InChI=1S/C14H22O2/c1-14(2,3)13(16)12(15)10-9-11-7-5-4-6-8-11/h4-8,12-13,15-16H,9-10H2,1-3H3/t12-,13+/m0/s1. The van der Waals surface area contributed by atoms with Crippen LogP contribution in [-0.2, 0) is 6.42 Å². The molecule has 0 fully saturated rings. The van der Waals surface area contributed by atoms with Crippen LogP contribution in [0.25, 0.3) is 0 Å². The number of rotatable bonds is 4. The van der Waals surface area contributed by atoms with Crippen LogP contribution in [0.15, 0.2) is 30.3 Å². The molecule has 0 amide bonds. The maximum atomic E-state index is 9.88. The van der Waals surface area contributed by atoms with Crippen molar-refractivity contribution >= 4 is 0 Å². The number of aliphatic hydroxyl groups excluding tert-OH is 2. The predicted octanol–water partition coefficient (Wildman–Crippen LogP) is 2.39. The van der Waals surface area contributed by atoms with Gasteiger partial charge in [-0.25, -0.2) is 0 Å². The van der Waals surface area contributed by atoms with Crippen LogP contribution in [0.3, 0.4) is 0 Å². The molecular formula is C14H22O2. The second-order valence-electron chi connectivity index (χ2n) is 5.40. The van der Waals surface area contributed by atoms with E-state index in [1.54, 1.807) is 0 Å². The lowest BCUT2D eigenvalue weighted by Crippen LogP contribution is -2.37. The molecule has 90 valence electrons. The topological polar surface area (TPSA) is 40.5 Å². The third-order valence-electron chi connectivity index (χ3n) is 2.82. The van der Waals surface area contributed by atoms with E-state index in [1.165, 1.54) is 5.56 Å². The van der Waals surface area contributed by atoms with Gasteiger partial charge in [-0.1, -0.05) is 51.1 Å². The second-order valence-corrected chi connectivity index (χ2v) is 5.40. The molecule has 0 radical (unpaired) electrons. The lowest BCUT2D eigenvalue weighted by molar-refractivity contribution is -0.0470. The molecule has 0 aliphatic carbocycles. The Morgan fingerprint density at radius 1 is 1.06 bits per heavy atom. The molecule has 2 N–H and O–H groups in total. The molecule has 0 aromatic heterocycles. The Balaban J connectivity index is 2.44. The van der Waals surface area contributed by atoms with Crippen molar-refractivity contribution in [2.75, 3.05) is 0 Å². The molecular weight excluding hydrogens is 200 g/mol. The van der Waals surface area contributed by atoms with Gasteiger partial charge in [0.25, 0.3) is 0 Å². The van der Waals surface area contributed by atoms with E-state index in [0.717, 1.165) is 6.42 Å². The monoisotopic (exact) mass is 222 g/mol. The summed E-state index contributed by atoms with van der Waals surface area (Å²) in [5.41, 5.74) is 0.929. The maximum Gasteiger partial charge on any atom is 0.0847 e. The van der Waals surface area contributed by atoms with Gasteiger partial charge < -0.3 is 10.2 Å². The first-order chi connectivity index (χ1) is 7.41. The van der Waals surface area contributed by atoms with Crippen LogP contribution >= 0.6 is 0 Å². The van der Waals surface area contributed by atoms with Crippen molar-refractivity contribution in [2.45, 2.75) is 45.8 Å². The Hall–Kier alpha value is -0.860. The number of hydrogen-bond donors (Lipinski definition) is 2. The van der Waals surface area contributed by atoms with Gasteiger partial charge in [0.1, 0.15) is 0 Å². The molecule has 0 aliphatic heterocycles. The van der Waals surface area contributed by atoms with Crippen LogP contribution in [0.5, 0.6) is 0 Å². The highest BCUT2D eigenvalue weighted by atomic mass is 16.3. The molecule has 0 unspecified atom stereocenters. The minimum absolute atomic E-state index is 0.268. The van der Waals surface area contributed by atoms with Crippen LogP contribution in [0.1, 0.15) is 32.8 Å². The van der Waals surface area contributed by atoms with E-state index in [-0.39, 0.29) is 5.41 Å². The zero-order valence-corrected chi connectivity index (χ0v) is 10.4. The Bertz CT molecular complexity index is 300. The molecule has 0 saturated heterocycles. The first kappa shape index (κ1) is 13.2. The molecule has 0 bridgehead atoms. The van der Waals surface area contributed by atoms with Crippen LogP contribution in [-0.4, -0.2) is 22.4 Å². The van der Waals surface area contributed by atoms with Crippen molar-refractivity contribution < 1.29 is 10.2 Å². The fourth-order valence-electron chi connectivity index (χ4n) is 1.69. The summed E-state index contributed by atoms with van der Waals surface area (Å²) in [5.74, 6) is 0. The lowest BCUT2D eigenvalue weighted by atomic mass is 9.84. The van der Waals surface area contributed by atoms with E-state index >= 15 is 0 Å². The molecule has 2 nitrogen and oxygen atoms in total. The molecule has 16 heavy (non-hydrogen) atoms. The molecule has 2 heteroatoms. The first-order valence-electron chi connectivity index (χ1n) is 5.81. The van der Waals surface area contributed by atoms with Gasteiger partial charge in [0.15, 0.2) is 0 Å². The molecule has 1 aromatic carbocycles. The van der Waals surface area contributed by atoms with Gasteiger partial charge in [-0.05, 0) is 23.8 Å². The number of benzene rings is 1. The summed E-state index contributed by atoms with van der Waals surface area (Å²) in [7, 11) is 0. The SMILES string of the molecule is CC(C)(C)[C@H](O)[C@@H](O)CCc1ccccc1. The summed E-state index contributed by atoms with van der Waals surface area (Å²) in [4.78, 5) is 0. The van der Waals surface area contributed by atoms with Crippen molar-refractivity contribution in [3.8, 4) is 0 Å². The predicted molar refractivity (Wildman–Crippen MR) is 66.2 cm³/mol. The summed E-state index contributed by atoms with van der Waals surface area (Å²) in [6.07, 6.45) is 0.0776. The summed E-state index contributed by atoms with van der Waals surface area (Å²) < 4.78 is 0. The van der Waals surface area contributed by atoms with Gasteiger partial charge in [0.05, 0.1) is 12.2 Å². The van der Waals surface area contributed by atoms with Gasteiger partial charge in [0, 0.05) is 0 Å². The van der Waals surface area contributed by atoms with E-state index in [4.69, 9.17) is 0 Å². The lowest BCUT2D eigenvalue weighted by Gasteiger charge is -2.30. The Morgan fingerprint density at radius 3 is 2.12 bits per heavy atom. The van der Waals surface area contributed by atoms with Crippen molar-refractivity contribution in [3.05, 3.63) is 35.9 Å². The summed E-state index contributed by atoms with van der Waals surface area (Å²) in [6.45, 7) is 5.80. The summed E-state index contributed by atoms with van der Waals surface area (Å²) in [6, 6.07) is 10.0. The molecule has 0 spiro atoms. The number of aliphatic hydroxyl groups is 2. The highest BCUT2D eigenvalue weighted by Crippen LogP contribution is 2.23. The van der Waals surface area contributed by atoms with E-state index in [1.807, 2.05) is 51.1 Å². The average Bonchev–Trinajstić information content (AvgIpc) is 2.25. The van der Waals surface area contributed by atoms with E-state index < -0.39 is 12.2 Å². The van der Waals surface area contributed by atoms with Crippen molar-refractivity contribution in [1.29, 1.82) is 0 Å². The molecule has 1 rings (SSSR count). The van der Waals surface area contributed by atoms with Gasteiger partial charge in [0.2, 0.25) is 0 Å². The van der Waals surface area contributed by atoms with Crippen molar-refractivity contribution in [1.82, 2.24) is 0 Å². The van der Waals surface area contributed by atoms with Crippen LogP contribution in [0.2, 0.25) is 0 Å². The fourth-order valence-corrected chi connectivity index (χ4v) is 1.69. The van der Waals surface area contributed by atoms with Gasteiger partial charge in [-0.3, -0.25) is 0 Å². The number of aryl methyl sites for hydroxylation is 1. The smallest absolute Gasteiger partial charge is 0.0847 e. The number of hydrogen-bond acceptors (Lipinski definition) is 2. The maximum absolute atomic E-state index is 9.88. The third-order valence-corrected chi connectivity index (χ3v) is 2.82. The molecule has 0 saturated carbocycles. The average molecular weight is 222 g/mol. The Labute approximate surface area is 97.9 Å². The molecule has 1 aromatic rings. The quantitative estimate of drug-likeness (QED) is 0.821. The highest BCUT2D eigenvalue weighted by Gasteiger charge is 2.28.